The van der Waals surface area contributed by atoms with Gasteiger partial charge in [-0.1, -0.05) is 12.1 Å². The number of hydrogen-bond donors (Lipinski definition) is 1. The molecule has 0 unspecified atom stereocenters. The average molecular weight is 211 g/mol. The van der Waals surface area contributed by atoms with Crippen LogP contribution in [0.3, 0.4) is 0 Å². The number of aromatic nitrogens is 4. The minimum absolute atomic E-state index is 0.559. The Morgan fingerprint density at radius 2 is 1.94 bits per heavy atom. The van der Waals surface area contributed by atoms with E-state index in [2.05, 4.69) is 15.1 Å². The van der Waals surface area contributed by atoms with E-state index in [1.54, 1.807) is 16.9 Å². The molecular weight excluding hydrogens is 202 g/mol. The van der Waals surface area contributed by atoms with Crippen LogP contribution in [0.1, 0.15) is 0 Å². The van der Waals surface area contributed by atoms with E-state index in [-0.39, 0.29) is 0 Å². The fourth-order valence-corrected chi connectivity index (χ4v) is 1.65. The summed E-state index contributed by atoms with van der Waals surface area (Å²) < 4.78 is 1.60. The molecule has 0 saturated heterocycles. The summed E-state index contributed by atoms with van der Waals surface area (Å²) in [6.07, 6.45) is 3.16. The molecule has 16 heavy (non-hydrogen) atoms. The number of rotatable bonds is 1. The zero-order chi connectivity index (χ0) is 11.0. The Morgan fingerprint density at radius 3 is 2.75 bits per heavy atom. The zero-order valence-electron chi connectivity index (χ0n) is 8.41. The Kier molecular flexibility index (Phi) is 1.83. The van der Waals surface area contributed by atoms with Crippen molar-refractivity contribution in [1.82, 2.24) is 19.7 Å². The van der Waals surface area contributed by atoms with Gasteiger partial charge < -0.3 is 5.73 Å². The number of nitrogens with two attached hydrogens (primary N) is 1. The van der Waals surface area contributed by atoms with Gasteiger partial charge in [0.1, 0.15) is 12.1 Å². The lowest BCUT2D eigenvalue weighted by Gasteiger charge is -2.05. The highest BCUT2D eigenvalue weighted by Gasteiger charge is 2.07. The number of para-hydroxylation sites is 1. The van der Waals surface area contributed by atoms with Crippen molar-refractivity contribution in [3.63, 3.8) is 0 Å². The quantitative estimate of drug-likeness (QED) is 0.660. The second-order valence-electron chi connectivity index (χ2n) is 3.38. The second-order valence-corrected chi connectivity index (χ2v) is 3.38. The molecule has 0 fully saturated rings. The molecule has 0 saturated carbocycles. The fourth-order valence-electron chi connectivity index (χ4n) is 1.65. The first-order valence-corrected chi connectivity index (χ1v) is 4.86. The lowest BCUT2D eigenvalue weighted by molar-refractivity contribution is 0.861. The van der Waals surface area contributed by atoms with Crippen LogP contribution in [0.4, 0.5) is 5.82 Å². The Bertz CT molecular complexity index is 638. The summed E-state index contributed by atoms with van der Waals surface area (Å²) in [6.45, 7) is 0. The summed E-state index contributed by atoms with van der Waals surface area (Å²) in [5.74, 6) is 1.26. The van der Waals surface area contributed by atoms with Crippen molar-refractivity contribution < 1.29 is 0 Å². The Morgan fingerprint density at radius 1 is 1.06 bits per heavy atom. The van der Waals surface area contributed by atoms with Crippen LogP contribution in [-0.2, 0) is 0 Å². The first kappa shape index (κ1) is 8.84. The van der Waals surface area contributed by atoms with Crippen LogP contribution >= 0.6 is 0 Å². The van der Waals surface area contributed by atoms with Gasteiger partial charge in [0.25, 0.3) is 0 Å². The first-order valence-electron chi connectivity index (χ1n) is 4.86. The summed E-state index contributed by atoms with van der Waals surface area (Å²) in [6, 6.07) is 9.49. The third-order valence-electron chi connectivity index (χ3n) is 2.39. The van der Waals surface area contributed by atoms with Crippen LogP contribution in [0.15, 0.2) is 42.9 Å². The maximum Gasteiger partial charge on any atom is 0.166 e. The molecule has 5 nitrogen and oxygen atoms in total. The molecule has 3 aromatic rings. The van der Waals surface area contributed by atoms with Gasteiger partial charge in [0.2, 0.25) is 0 Å². The summed E-state index contributed by atoms with van der Waals surface area (Å²) in [5.41, 5.74) is 6.68. The van der Waals surface area contributed by atoms with Crippen molar-refractivity contribution in [2.24, 2.45) is 0 Å². The number of nitrogen functional groups attached to an aromatic ring is 1. The van der Waals surface area contributed by atoms with Crippen LogP contribution in [-0.4, -0.2) is 19.7 Å². The Labute approximate surface area is 91.6 Å². The van der Waals surface area contributed by atoms with Gasteiger partial charge in [-0.15, -0.1) is 0 Å². The Balaban J connectivity index is 2.36. The van der Waals surface area contributed by atoms with Crippen LogP contribution in [0, 0.1) is 0 Å². The van der Waals surface area contributed by atoms with Crippen molar-refractivity contribution in [2.75, 3.05) is 5.73 Å². The lowest BCUT2D eigenvalue weighted by atomic mass is 10.2. The summed E-state index contributed by atoms with van der Waals surface area (Å²) in [5, 5.41) is 5.07. The van der Waals surface area contributed by atoms with E-state index in [9.17, 15) is 0 Å². The topological polar surface area (TPSA) is 69.6 Å². The molecule has 2 heterocycles. The molecule has 0 atom stereocenters. The highest BCUT2D eigenvalue weighted by molar-refractivity contribution is 5.85. The molecular formula is C11H9N5. The Hall–Kier alpha value is -2.43. The van der Waals surface area contributed by atoms with Crippen LogP contribution in [0.5, 0.6) is 0 Å². The lowest BCUT2D eigenvalue weighted by Crippen LogP contribution is -2.04. The van der Waals surface area contributed by atoms with E-state index < -0.39 is 0 Å². The van der Waals surface area contributed by atoms with E-state index >= 15 is 0 Å². The van der Waals surface area contributed by atoms with E-state index in [1.165, 1.54) is 6.33 Å². The molecule has 3 rings (SSSR count). The molecule has 0 spiro atoms. The molecule has 0 aliphatic heterocycles. The van der Waals surface area contributed by atoms with Crippen molar-refractivity contribution in [3.05, 3.63) is 42.9 Å². The third kappa shape index (κ3) is 1.22. The van der Waals surface area contributed by atoms with Gasteiger partial charge in [-0.05, 0) is 12.1 Å². The van der Waals surface area contributed by atoms with Gasteiger partial charge in [-0.3, -0.25) is 0 Å². The van der Waals surface area contributed by atoms with Gasteiger partial charge in [-0.2, -0.15) is 9.78 Å². The number of benzene rings is 1. The van der Waals surface area contributed by atoms with Gasteiger partial charge in [0.05, 0.1) is 11.7 Å². The number of hydrogen-bond acceptors (Lipinski definition) is 4. The predicted molar refractivity (Wildman–Crippen MR) is 61.1 cm³/mol. The highest BCUT2D eigenvalue weighted by Crippen LogP contribution is 2.19. The summed E-state index contributed by atoms with van der Waals surface area (Å²) in [7, 11) is 0. The number of fused-ring (bicyclic) bond motifs is 1. The van der Waals surface area contributed by atoms with Crippen molar-refractivity contribution in [1.29, 1.82) is 0 Å². The maximum absolute atomic E-state index is 5.80. The summed E-state index contributed by atoms with van der Waals surface area (Å²) >= 11 is 0. The minimum atomic E-state index is 0.559. The van der Waals surface area contributed by atoms with E-state index in [0.717, 1.165) is 10.9 Å². The first-order chi connectivity index (χ1) is 7.86. The normalized spacial score (nSPS) is 10.8. The summed E-state index contributed by atoms with van der Waals surface area (Å²) in [4.78, 5) is 8.41. The van der Waals surface area contributed by atoms with E-state index in [0.29, 0.717) is 11.6 Å². The zero-order valence-corrected chi connectivity index (χ0v) is 8.41. The molecule has 0 bridgehead atoms. The molecule has 5 heteroatoms. The van der Waals surface area contributed by atoms with Gasteiger partial charge >= 0.3 is 0 Å². The van der Waals surface area contributed by atoms with Crippen LogP contribution < -0.4 is 5.73 Å². The van der Waals surface area contributed by atoms with Crippen LogP contribution in [0.2, 0.25) is 0 Å². The fraction of sp³-hybridized carbons (Fsp3) is 0. The number of anilines is 1. The van der Waals surface area contributed by atoms with E-state index in [1.807, 2.05) is 24.3 Å². The maximum atomic E-state index is 5.80. The molecule has 0 aliphatic carbocycles. The highest BCUT2D eigenvalue weighted by atomic mass is 15.3. The molecule has 0 amide bonds. The van der Waals surface area contributed by atoms with Crippen molar-refractivity contribution >= 4 is 16.7 Å². The van der Waals surface area contributed by atoms with E-state index in [4.69, 9.17) is 5.73 Å². The molecule has 78 valence electrons. The SMILES string of the molecule is Nc1ccnn1-c1ncnc2ccccc12. The standard InChI is InChI=1S/C11H9N5/c12-10-5-6-15-16(10)11-8-3-1-2-4-9(8)13-7-14-11/h1-7H,12H2. The minimum Gasteiger partial charge on any atom is -0.384 e. The van der Waals surface area contributed by atoms with Crippen molar-refractivity contribution in [3.8, 4) is 5.82 Å². The molecule has 0 radical (unpaired) electrons. The van der Waals surface area contributed by atoms with Gasteiger partial charge in [0, 0.05) is 11.5 Å². The monoisotopic (exact) mass is 211 g/mol. The van der Waals surface area contributed by atoms with Gasteiger partial charge in [0.15, 0.2) is 5.82 Å². The smallest absolute Gasteiger partial charge is 0.166 e. The van der Waals surface area contributed by atoms with Crippen molar-refractivity contribution in [2.45, 2.75) is 0 Å². The third-order valence-corrected chi connectivity index (χ3v) is 2.39. The average Bonchev–Trinajstić information content (AvgIpc) is 2.75. The molecule has 0 aliphatic rings. The molecule has 2 N–H and O–H groups in total. The second kappa shape index (κ2) is 3.30. The molecule has 2 aromatic heterocycles. The predicted octanol–water partition coefficient (Wildman–Crippen LogP) is 1.40. The van der Waals surface area contributed by atoms with Crippen LogP contribution in [0.25, 0.3) is 16.7 Å². The molecule has 1 aromatic carbocycles. The number of nitrogens with zero attached hydrogens (tertiary/aromatic N) is 4. The van der Waals surface area contributed by atoms with Gasteiger partial charge in [-0.25, -0.2) is 9.97 Å². The largest absolute Gasteiger partial charge is 0.384 e.